The molecule has 1 aromatic heterocycles. The number of hydrogen-bond donors (Lipinski definition) is 0. The van der Waals surface area contributed by atoms with Crippen LogP contribution in [0.3, 0.4) is 0 Å². The fourth-order valence-electron chi connectivity index (χ4n) is 4.39. The minimum Gasteiger partial charge on any atom is -0.495 e. The van der Waals surface area contributed by atoms with E-state index in [0.717, 1.165) is 5.82 Å². The Morgan fingerprint density at radius 3 is 2.41 bits per heavy atom. The molecular formula is C32H33BrFN3O4. The van der Waals surface area contributed by atoms with Crippen LogP contribution in [0.5, 0.6) is 5.75 Å². The Morgan fingerprint density at radius 1 is 1.10 bits per heavy atom. The molecule has 3 heterocycles. The molecule has 9 heteroatoms. The molecule has 1 amide bonds. The van der Waals surface area contributed by atoms with Crippen LogP contribution in [0.15, 0.2) is 53.1 Å². The summed E-state index contributed by atoms with van der Waals surface area (Å²) < 4.78 is 26.3. The first-order valence-corrected chi connectivity index (χ1v) is 14.3. The molecular weight excluding hydrogens is 589 g/mol. The van der Waals surface area contributed by atoms with Crippen LogP contribution in [0.2, 0.25) is 0 Å². The first-order chi connectivity index (χ1) is 19.9. The van der Waals surface area contributed by atoms with Gasteiger partial charge in [0.1, 0.15) is 23.1 Å². The van der Waals surface area contributed by atoms with Gasteiger partial charge in [-0.1, -0.05) is 39.7 Å². The van der Waals surface area contributed by atoms with Gasteiger partial charge in [0.2, 0.25) is 0 Å². The van der Waals surface area contributed by atoms with E-state index in [1.165, 1.54) is 25.3 Å². The Labute approximate surface area is 249 Å². The Bertz CT molecular complexity index is 1470. The fourth-order valence-corrected chi connectivity index (χ4v) is 4.89. The summed E-state index contributed by atoms with van der Waals surface area (Å²) in [5, 5.41) is 0. The van der Waals surface area contributed by atoms with Gasteiger partial charge in [-0.05, 0) is 64.0 Å². The van der Waals surface area contributed by atoms with Gasteiger partial charge in [-0.15, -0.1) is 6.42 Å². The molecule has 2 aliphatic rings. The van der Waals surface area contributed by atoms with Crippen molar-refractivity contribution in [3.05, 3.63) is 86.8 Å². The zero-order valence-electron chi connectivity index (χ0n) is 23.8. The van der Waals surface area contributed by atoms with Crippen LogP contribution >= 0.6 is 15.9 Å². The Morgan fingerprint density at radius 2 is 1.80 bits per heavy atom. The van der Waals surface area contributed by atoms with E-state index < -0.39 is 17.7 Å². The standard InChI is InChI=1S/C28H21BrFN3O4.2C2H6/c1-3-17-5-9-24(31-16-17)32-10-12-33(13-11-32)27(34)20-14-18(4-8-22(20)30)15-23-25-19(28(35)37-23)6-7-21(29)26(25)36-2;2*1-2/h1,4-9,14-16H,10-13H2,2H3;2*1-2H3/b23-15-;;. The smallest absolute Gasteiger partial charge is 0.344 e. The molecule has 0 N–H and O–H groups in total. The molecule has 0 bridgehead atoms. The maximum atomic E-state index is 14.8. The SMILES string of the molecule is C#Cc1ccc(N2CCN(C(=O)c3cc(/C=C4\OC(=O)c5ccc(Br)c(OC)c54)ccc3F)CC2)nc1.CC.CC. The predicted molar refractivity (Wildman–Crippen MR) is 163 cm³/mol. The van der Waals surface area contributed by atoms with Crippen molar-refractivity contribution in [3.63, 3.8) is 0 Å². The molecule has 3 aromatic rings. The minimum atomic E-state index is -0.620. The molecule has 214 valence electrons. The lowest BCUT2D eigenvalue weighted by molar-refractivity contribution is 0.0714. The highest BCUT2D eigenvalue weighted by molar-refractivity contribution is 9.10. The predicted octanol–water partition coefficient (Wildman–Crippen LogP) is 6.66. The van der Waals surface area contributed by atoms with E-state index in [1.807, 2.05) is 39.8 Å². The van der Waals surface area contributed by atoms with E-state index in [2.05, 4.69) is 31.7 Å². The Kier molecular flexibility index (Phi) is 11.1. The lowest BCUT2D eigenvalue weighted by Gasteiger charge is -2.35. The highest BCUT2D eigenvalue weighted by Crippen LogP contribution is 2.42. The number of aromatic nitrogens is 1. The molecule has 7 nitrogen and oxygen atoms in total. The van der Waals surface area contributed by atoms with Gasteiger partial charge in [0.15, 0.2) is 0 Å². The number of esters is 1. The van der Waals surface area contributed by atoms with E-state index >= 15 is 0 Å². The molecule has 2 aliphatic heterocycles. The minimum absolute atomic E-state index is 0.0509. The van der Waals surface area contributed by atoms with Crippen molar-refractivity contribution in [2.45, 2.75) is 27.7 Å². The molecule has 1 saturated heterocycles. The number of hydrogen-bond acceptors (Lipinski definition) is 6. The van der Waals surface area contributed by atoms with Gasteiger partial charge in [0.05, 0.1) is 28.3 Å². The average Bonchev–Trinajstić information content (AvgIpc) is 3.34. The molecule has 0 unspecified atom stereocenters. The van der Waals surface area contributed by atoms with Gasteiger partial charge < -0.3 is 19.3 Å². The second kappa shape index (κ2) is 14.5. The lowest BCUT2D eigenvalue weighted by atomic mass is 10.0. The van der Waals surface area contributed by atoms with E-state index in [9.17, 15) is 14.0 Å². The van der Waals surface area contributed by atoms with Crippen LogP contribution in [-0.2, 0) is 4.74 Å². The zero-order chi connectivity index (χ0) is 30.1. The molecule has 41 heavy (non-hydrogen) atoms. The third-order valence-corrected chi connectivity index (χ3v) is 6.93. The summed E-state index contributed by atoms with van der Waals surface area (Å²) >= 11 is 3.42. The number of methoxy groups -OCH3 is 1. The molecule has 0 spiro atoms. The maximum Gasteiger partial charge on any atom is 0.344 e. The van der Waals surface area contributed by atoms with Gasteiger partial charge in [0.25, 0.3) is 5.91 Å². The van der Waals surface area contributed by atoms with Gasteiger partial charge in [0, 0.05) is 37.9 Å². The van der Waals surface area contributed by atoms with Crippen LogP contribution in [0.25, 0.3) is 11.8 Å². The number of halogens is 2. The number of terminal acetylenes is 1. The average molecular weight is 623 g/mol. The highest BCUT2D eigenvalue weighted by atomic mass is 79.9. The number of benzene rings is 2. The monoisotopic (exact) mass is 621 g/mol. The van der Waals surface area contributed by atoms with Gasteiger partial charge in [-0.3, -0.25) is 4.79 Å². The number of carbonyl (C=O) groups is 2. The number of rotatable bonds is 4. The molecule has 0 radical (unpaired) electrons. The lowest BCUT2D eigenvalue weighted by Crippen LogP contribution is -2.49. The van der Waals surface area contributed by atoms with E-state index in [4.69, 9.17) is 15.9 Å². The summed E-state index contributed by atoms with van der Waals surface area (Å²) in [6.45, 7) is 9.94. The third kappa shape index (κ3) is 6.77. The summed E-state index contributed by atoms with van der Waals surface area (Å²) in [6.07, 6.45) is 8.62. The van der Waals surface area contributed by atoms with Crippen LogP contribution in [-0.4, -0.2) is 55.0 Å². The van der Waals surface area contributed by atoms with Crippen molar-refractivity contribution < 1.29 is 23.5 Å². The van der Waals surface area contributed by atoms with Crippen molar-refractivity contribution in [2.24, 2.45) is 0 Å². The normalized spacial score (nSPS) is 14.6. The summed E-state index contributed by atoms with van der Waals surface area (Å²) in [6, 6.07) is 11.3. The van der Waals surface area contributed by atoms with E-state index in [1.54, 1.807) is 29.3 Å². The second-order valence-electron chi connectivity index (χ2n) is 8.47. The molecule has 2 aromatic carbocycles. The number of ether oxygens (including phenoxy) is 2. The number of amides is 1. The first-order valence-electron chi connectivity index (χ1n) is 13.5. The number of cyclic esters (lactones) is 1. The number of pyridine rings is 1. The quantitative estimate of drug-likeness (QED) is 0.240. The summed E-state index contributed by atoms with van der Waals surface area (Å²) in [5.74, 6) is 2.50. The Balaban J connectivity index is 0.00000111. The fraction of sp³-hybridized carbons (Fsp3) is 0.281. The summed E-state index contributed by atoms with van der Waals surface area (Å²) in [7, 11) is 1.50. The summed E-state index contributed by atoms with van der Waals surface area (Å²) in [4.78, 5) is 33.7. The van der Waals surface area contributed by atoms with E-state index in [0.29, 0.717) is 58.7 Å². The molecule has 0 saturated carbocycles. The van der Waals surface area contributed by atoms with Crippen molar-refractivity contribution in [1.29, 1.82) is 0 Å². The van der Waals surface area contributed by atoms with E-state index in [-0.39, 0.29) is 11.3 Å². The number of anilines is 1. The van der Waals surface area contributed by atoms with Crippen LogP contribution in [0, 0.1) is 18.2 Å². The maximum absolute atomic E-state index is 14.8. The number of piperazine rings is 1. The molecule has 0 aliphatic carbocycles. The number of nitrogens with zero attached hydrogens (tertiary/aromatic N) is 3. The Hall–Kier alpha value is -4.16. The number of carbonyl (C=O) groups excluding carboxylic acids is 2. The summed E-state index contributed by atoms with van der Waals surface area (Å²) in [5.41, 5.74) is 2.03. The zero-order valence-corrected chi connectivity index (χ0v) is 25.4. The first kappa shape index (κ1) is 31.4. The van der Waals surface area contributed by atoms with Crippen molar-refractivity contribution in [3.8, 4) is 18.1 Å². The van der Waals surface area contributed by atoms with Crippen molar-refractivity contribution in [1.82, 2.24) is 9.88 Å². The van der Waals surface area contributed by atoms with Crippen LogP contribution < -0.4 is 9.64 Å². The molecule has 1 fully saturated rings. The number of fused-ring (bicyclic) bond motifs is 1. The molecule has 0 atom stereocenters. The van der Waals surface area contributed by atoms with Crippen LogP contribution in [0.1, 0.15) is 65.1 Å². The third-order valence-electron chi connectivity index (χ3n) is 6.31. The molecule has 5 rings (SSSR count). The van der Waals surface area contributed by atoms with Gasteiger partial charge in [-0.25, -0.2) is 14.2 Å². The van der Waals surface area contributed by atoms with Gasteiger partial charge >= 0.3 is 5.97 Å². The largest absolute Gasteiger partial charge is 0.495 e. The van der Waals surface area contributed by atoms with Crippen molar-refractivity contribution in [2.75, 3.05) is 38.2 Å². The van der Waals surface area contributed by atoms with Crippen LogP contribution in [0.4, 0.5) is 10.2 Å². The second-order valence-corrected chi connectivity index (χ2v) is 9.32. The highest BCUT2D eigenvalue weighted by Gasteiger charge is 2.31. The van der Waals surface area contributed by atoms with Crippen molar-refractivity contribution >= 4 is 45.5 Å². The topological polar surface area (TPSA) is 72.0 Å². The van der Waals surface area contributed by atoms with Gasteiger partial charge in [-0.2, -0.15) is 0 Å².